The maximum absolute atomic E-state index is 12.2. The lowest BCUT2D eigenvalue weighted by Gasteiger charge is -2.16. The number of carbonyl (C=O) groups is 3. The summed E-state index contributed by atoms with van der Waals surface area (Å²) in [5.74, 6) is -1.35. The van der Waals surface area contributed by atoms with Gasteiger partial charge in [-0.1, -0.05) is 25.6 Å². The molecule has 2 aromatic rings. The summed E-state index contributed by atoms with van der Waals surface area (Å²) >= 11 is 0. The Bertz CT molecular complexity index is 786. The second-order valence-electron chi connectivity index (χ2n) is 5.97. The third kappa shape index (κ3) is 5.82. The number of para-hydroxylation sites is 1. The number of carbonyl (C=O) groups excluding carboxylic acids is 3. The number of amides is 1. The van der Waals surface area contributed by atoms with Gasteiger partial charge in [-0.05, 0) is 11.6 Å². The Morgan fingerprint density at radius 3 is 2.48 bits per heavy atom. The molecule has 5 N–H and O–H groups in total. The Labute approximate surface area is 158 Å². The number of aromatic nitrogens is 1. The number of esters is 2. The minimum absolute atomic E-state index is 0. The van der Waals surface area contributed by atoms with Crippen molar-refractivity contribution in [3.05, 3.63) is 36.0 Å². The Balaban J connectivity index is 0.00000364. The quantitative estimate of drug-likeness (QED) is 0.579. The van der Waals surface area contributed by atoms with Crippen LogP contribution in [0, 0.1) is 0 Å². The molecule has 1 aromatic heterocycles. The Morgan fingerprint density at radius 2 is 1.81 bits per heavy atom. The van der Waals surface area contributed by atoms with E-state index in [2.05, 4.69) is 20.8 Å². The van der Waals surface area contributed by atoms with Crippen molar-refractivity contribution < 1.29 is 29.6 Å². The highest BCUT2D eigenvalue weighted by molar-refractivity contribution is 5.87. The molecule has 1 aromatic carbocycles. The van der Waals surface area contributed by atoms with Gasteiger partial charge in [0.1, 0.15) is 6.04 Å². The lowest BCUT2D eigenvalue weighted by molar-refractivity contribution is -0.409. The molecule has 0 saturated carbocycles. The van der Waals surface area contributed by atoms with Crippen LogP contribution in [0.5, 0.6) is 0 Å². The normalized spacial score (nSPS) is 12.6. The third-order valence-corrected chi connectivity index (χ3v) is 4.17. The van der Waals surface area contributed by atoms with Gasteiger partial charge in [0.15, 0.2) is 6.04 Å². The maximum atomic E-state index is 12.2. The van der Waals surface area contributed by atoms with Crippen molar-refractivity contribution in [1.29, 1.82) is 0 Å². The average Bonchev–Trinajstić information content (AvgIpc) is 3.07. The molecule has 2 rings (SSSR count). The van der Waals surface area contributed by atoms with E-state index in [0.29, 0.717) is 6.42 Å². The molecule has 2 atom stereocenters. The number of quaternary nitrogens is 1. The van der Waals surface area contributed by atoms with E-state index in [-0.39, 0.29) is 26.2 Å². The van der Waals surface area contributed by atoms with E-state index in [9.17, 15) is 14.4 Å². The molecule has 1 amide bonds. The molecule has 0 aliphatic carbocycles. The summed E-state index contributed by atoms with van der Waals surface area (Å²) in [7, 11) is 2.55. The zero-order valence-corrected chi connectivity index (χ0v) is 14.9. The van der Waals surface area contributed by atoms with Gasteiger partial charge in [0.25, 0.3) is 0 Å². The van der Waals surface area contributed by atoms with Gasteiger partial charge in [-0.15, -0.1) is 0 Å². The summed E-state index contributed by atoms with van der Waals surface area (Å²) < 4.78 is 9.39. The van der Waals surface area contributed by atoms with Crippen molar-refractivity contribution in [1.82, 2.24) is 10.3 Å². The Morgan fingerprint density at radius 1 is 1.15 bits per heavy atom. The topological polar surface area (TPSA) is 125 Å². The Kier molecular flexibility index (Phi) is 8.47. The molecule has 0 spiro atoms. The number of benzene rings is 1. The van der Waals surface area contributed by atoms with Crippen molar-refractivity contribution in [3.63, 3.8) is 0 Å². The van der Waals surface area contributed by atoms with E-state index in [1.807, 2.05) is 30.5 Å². The van der Waals surface area contributed by atoms with Crippen molar-refractivity contribution in [2.75, 3.05) is 14.2 Å². The van der Waals surface area contributed by atoms with Crippen LogP contribution in [0.1, 0.15) is 25.8 Å². The highest BCUT2D eigenvalue weighted by Gasteiger charge is 2.25. The fraction of sp³-hybridized carbons (Fsp3) is 0.421. The lowest BCUT2D eigenvalue weighted by Crippen LogP contribution is -2.65. The van der Waals surface area contributed by atoms with Gasteiger partial charge in [0.2, 0.25) is 5.91 Å². The third-order valence-electron chi connectivity index (χ3n) is 4.17. The average molecular weight is 378 g/mol. The van der Waals surface area contributed by atoms with E-state index < -0.39 is 24.0 Å². The smallest absolute Gasteiger partial charge is 0.364 e. The molecular formula is C19H28N3O5+. The van der Waals surface area contributed by atoms with Gasteiger partial charge < -0.3 is 25.5 Å². The standard InChI is InChI=1S/C18H23N3O5.CH4/c1-25-17(23)13(19)7-8-16(22)21-15(18(24)26-2)9-11-10-20-14-6-4-3-5-12(11)14;/h3-6,10,13,15,20H,7-9,19H2,1-2H3,(H,21,22);1H4/p+1/t13-,15-;/m1./s1. The van der Waals surface area contributed by atoms with Crippen LogP contribution in [0.2, 0.25) is 0 Å². The first-order valence-electron chi connectivity index (χ1n) is 8.29. The molecule has 8 heteroatoms. The number of methoxy groups -OCH3 is 2. The fourth-order valence-electron chi connectivity index (χ4n) is 2.71. The van der Waals surface area contributed by atoms with E-state index in [1.54, 1.807) is 0 Å². The van der Waals surface area contributed by atoms with Gasteiger partial charge in [-0.25, -0.2) is 9.59 Å². The number of hydrogen-bond acceptors (Lipinski definition) is 5. The van der Waals surface area contributed by atoms with Crippen molar-refractivity contribution in [2.45, 2.75) is 38.8 Å². The zero-order valence-electron chi connectivity index (χ0n) is 14.9. The molecule has 0 bridgehead atoms. The molecular weight excluding hydrogens is 350 g/mol. The summed E-state index contributed by atoms with van der Waals surface area (Å²) in [6.45, 7) is 0. The zero-order chi connectivity index (χ0) is 19.1. The number of aromatic amines is 1. The number of H-pyrrole nitrogens is 1. The first-order valence-corrected chi connectivity index (χ1v) is 8.29. The fourth-order valence-corrected chi connectivity index (χ4v) is 2.71. The molecule has 27 heavy (non-hydrogen) atoms. The van der Waals surface area contributed by atoms with Gasteiger partial charge in [0.05, 0.1) is 14.2 Å². The summed E-state index contributed by atoms with van der Waals surface area (Å²) in [6.07, 6.45) is 2.41. The van der Waals surface area contributed by atoms with Gasteiger partial charge in [-0.2, -0.15) is 0 Å². The SMILES string of the molecule is C.COC(=O)[C@H]([NH3+])CCC(=O)N[C@H](Cc1c[nH]c2ccccc12)C(=O)OC. The van der Waals surface area contributed by atoms with Crippen molar-refractivity contribution in [3.8, 4) is 0 Å². The van der Waals surface area contributed by atoms with Gasteiger partial charge in [-0.3, -0.25) is 4.79 Å². The van der Waals surface area contributed by atoms with Crippen LogP contribution in [-0.2, 0) is 30.3 Å². The molecule has 0 saturated heterocycles. The molecule has 148 valence electrons. The number of ether oxygens (including phenoxy) is 2. The molecule has 8 nitrogen and oxygen atoms in total. The van der Waals surface area contributed by atoms with E-state index in [1.165, 1.54) is 14.2 Å². The van der Waals surface area contributed by atoms with Gasteiger partial charge in [0, 0.05) is 36.4 Å². The minimum Gasteiger partial charge on any atom is -0.467 e. The second-order valence-corrected chi connectivity index (χ2v) is 5.97. The van der Waals surface area contributed by atoms with E-state index in [0.717, 1.165) is 16.5 Å². The second kappa shape index (κ2) is 10.3. The van der Waals surface area contributed by atoms with E-state index >= 15 is 0 Å². The van der Waals surface area contributed by atoms with Crippen molar-refractivity contribution in [2.24, 2.45) is 0 Å². The first-order chi connectivity index (χ1) is 12.5. The van der Waals surface area contributed by atoms with Gasteiger partial charge >= 0.3 is 11.9 Å². The molecule has 0 aliphatic heterocycles. The lowest BCUT2D eigenvalue weighted by atomic mass is 10.0. The number of rotatable bonds is 8. The Hall–Kier alpha value is -2.87. The molecule has 0 unspecified atom stereocenters. The predicted molar refractivity (Wildman–Crippen MR) is 101 cm³/mol. The highest BCUT2D eigenvalue weighted by atomic mass is 16.5. The van der Waals surface area contributed by atoms with Crippen LogP contribution in [0.25, 0.3) is 10.9 Å². The van der Waals surface area contributed by atoms with Crippen LogP contribution >= 0.6 is 0 Å². The number of fused-ring (bicyclic) bond motifs is 1. The van der Waals surface area contributed by atoms with Crippen LogP contribution in [0.15, 0.2) is 30.5 Å². The minimum atomic E-state index is -0.812. The highest BCUT2D eigenvalue weighted by Crippen LogP contribution is 2.19. The summed E-state index contributed by atoms with van der Waals surface area (Å²) in [5.41, 5.74) is 5.51. The molecule has 0 fully saturated rings. The summed E-state index contributed by atoms with van der Waals surface area (Å²) in [5, 5.41) is 3.66. The summed E-state index contributed by atoms with van der Waals surface area (Å²) in [4.78, 5) is 38.7. The van der Waals surface area contributed by atoms with E-state index in [4.69, 9.17) is 4.74 Å². The van der Waals surface area contributed by atoms with Crippen LogP contribution < -0.4 is 11.1 Å². The van der Waals surface area contributed by atoms with Crippen LogP contribution in [0.3, 0.4) is 0 Å². The molecule has 0 aliphatic rings. The van der Waals surface area contributed by atoms with Crippen LogP contribution in [-0.4, -0.2) is 49.1 Å². The van der Waals surface area contributed by atoms with Crippen LogP contribution in [0.4, 0.5) is 0 Å². The largest absolute Gasteiger partial charge is 0.467 e. The van der Waals surface area contributed by atoms with Crippen molar-refractivity contribution >= 4 is 28.7 Å². The maximum Gasteiger partial charge on any atom is 0.364 e. The number of hydrogen-bond donors (Lipinski definition) is 3. The predicted octanol–water partition coefficient (Wildman–Crippen LogP) is 0.568. The molecule has 1 heterocycles. The number of nitrogens with one attached hydrogen (secondary N) is 2. The monoisotopic (exact) mass is 378 g/mol. The first kappa shape index (κ1) is 22.2. The molecule has 0 radical (unpaired) electrons. The summed E-state index contributed by atoms with van der Waals surface area (Å²) in [6, 6.07) is 6.27.